The van der Waals surface area contributed by atoms with Crippen molar-refractivity contribution in [3.63, 3.8) is 0 Å². The summed E-state index contributed by atoms with van der Waals surface area (Å²) in [7, 11) is -0.188. The summed E-state index contributed by atoms with van der Waals surface area (Å²) in [4.78, 5) is 16.7. The zero-order valence-electron chi connectivity index (χ0n) is 21.2. The summed E-state index contributed by atoms with van der Waals surface area (Å²) in [5, 5.41) is 15.3. The number of aryl methyl sites for hydroxylation is 1. The van der Waals surface area contributed by atoms with Crippen molar-refractivity contribution in [1.29, 1.82) is 0 Å². The first-order valence-corrected chi connectivity index (χ1v) is 13.8. The molecular weight excluding hydrogens is 531 g/mol. The second-order valence-electron chi connectivity index (χ2n) is 9.30. The maximum Gasteiger partial charge on any atom is 0.255 e. The lowest BCUT2D eigenvalue weighted by Gasteiger charge is -2.37. The lowest BCUT2D eigenvalue weighted by atomic mass is 10.0. The topological polar surface area (TPSA) is 101 Å². The molecule has 9 nitrogen and oxygen atoms in total. The molecule has 1 aliphatic heterocycles. The standard InChI is InChI=1S/C26H27FN6O3S.ClH/c1-31(26(34)21-16-17(27)8-9-23(21)37(3,35)36)18-11-14-33(15-12-18)25-20-7-5-4-6-19(20)24(29-30-25)22-10-13-28-32(22)2;/h4-10,13,16,18H,11-12,14-15H2,1-3H3;1H. The first-order valence-electron chi connectivity index (χ1n) is 11.9. The van der Waals surface area contributed by atoms with Crippen LogP contribution in [0.4, 0.5) is 10.2 Å². The normalized spacial score (nSPS) is 14.4. The van der Waals surface area contributed by atoms with Crippen molar-refractivity contribution < 1.29 is 17.6 Å². The van der Waals surface area contributed by atoms with Gasteiger partial charge < -0.3 is 9.80 Å². The molecule has 0 atom stereocenters. The van der Waals surface area contributed by atoms with Crippen LogP contribution in [-0.2, 0) is 16.9 Å². The van der Waals surface area contributed by atoms with Gasteiger partial charge in [0.15, 0.2) is 15.7 Å². The summed E-state index contributed by atoms with van der Waals surface area (Å²) in [6, 6.07) is 13.0. The van der Waals surface area contributed by atoms with E-state index in [1.54, 1.807) is 17.9 Å². The van der Waals surface area contributed by atoms with Crippen LogP contribution in [0.2, 0.25) is 0 Å². The van der Waals surface area contributed by atoms with Crippen LogP contribution in [-0.4, -0.2) is 71.6 Å². The fourth-order valence-electron chi connectivity index (χ4n) is 4.93. The highest BCUT2D eigenvalue weighted by Gasteiger charge is 2.30. The Kier molecular flexibility index (Phi) is 7.70. The fraction of sp³-hybridized carbons (Fsp3) is 0.308. The third-order valence-electron chi connectivity index (χ3n) is 6.93. The number of anilines is 1. The Bertz CT molecular complexity index is 1600. The number of nitrogens with zero attached hydrogens (tertiary/aromatic N) is 6. The van der Waals surface area contributed by atoms with E-state index >= 15 is 0 Å². The molecule has 2 aromatic heterocycles. The largest absolute Gasteiger partial charge is 0.354 e. The van der Waals surface area contributed by atoms with E-state index in [1.807, 2.05) is 37.4 Å². The van der Waals surface area contributed by atoms with Gasteiger partial charge >= 0.3 is 0 Å². The zero-order valence-corrected chi connectivity index (χ0v) is 22.8. The second-order valence-corrected chi connectivity index (χ2v) is 11.3. The molecule has 2 aromatic carbocycles. The molecule has 0 aliphatic carbocycles. The minimum absolute atomic E-state index is 0. The molecule has 38 heavy (non-hydrogen) atoms. The molecule has 3 heterocycles. The lowest BCUT2D eigenvalue weighted by molar-refractivity contribution is 0.0704. The Morgan fingerprint density at radius 2 is 1.74 bits per heavy atom. The van der Waals surface area contributed by atoms with Crippen LogP contribution in [0.1, 0.15) is 23.2 Å². The molecule has 0 saturated carbocycles. The molecule has 1 amide bonds. The van der Waals surface area contributed by atoms with E-state index in [1.165, 1.54) is 4.90 Å². The van der Waals surface area contributed by atoms with Gasteiger partial charge in [-0.1, -0.05) is 24.3 Å². The van der Waals surface area contributed by atoms with E-state index in [9.17, 15) is 17.6 Å². The van der Waals surface area contributed by atoms with Gasteiger partial charge in [0.2, 0.25) is 0 Å². The number of carbonyl (C=O) groups excluding carboxylic acids is 1. The van der Waals surface area contributed by atoms with Crippen molar-refractivity contribution in [2.45, 2.75) is 23.8 Å². The molecule has 0 unspecified atom stereocenters. The van der Waals surface area contributed by atoms with E-state index in [2.05, 4.69) is 20.2 Å². The molecule has 0 radical (unpaired) electrons. The Morgan fingerprint density at radius 1 is 1.05 bits per heavy atom. The molecule has 0 spiro atoms. The minimum Gasteiger partial charge on any atom is -0.354 e. The van der Waals surface area contributed by atoms with Gasteiger partial charge in [-0.3, -0.25) is 9.48 Å². The Morgan fingerprint density at radius 3 is 2.37 bits per heavy atom. The molecule has 12 heteroatoms. The van der Waals surface area contributed by atoms with Gasteiger partial charge in [-0.15, -0.1) is 22.6 Å². The highest BCUT2D eigenvalue weighted by Crippen LogP contribution is 2.33. The number of aromatic nitrogens is 4. The van der Waals surface area contributed by atoms with Crippen molar-refractivity contribution in [2.24, 2.45) is 7.05 Å². The molecule has 1 fully saturated rings. The number of fused-ring (bicyclic) bond motifs is 1. The minimum atomic E-state index is -3.69. The zero-order chi connectivity index (χ0) is 26.3. The predicted molar refractivity (Wildman–Crippen MR) is 146 cm³/mol. The van der Waals surface area contributed by atoms with Crippen molar-refractivity contribution in [3.05, 3.63) is 66.1 Å². The third-order valence-corrected chi connectivity index (χ3v) is 8.09. The van der Waals surface area contributed by atoms with Gasteiger partial charge in [-0.25, -0.2) is 12.8 Å². The average Bonchev–Trinajstić information content (AvgIpc) is 3.32. The second kappa shape index (κ2) is 10.7. The first kappa shape index (κ1) is 27.5. The van der Waals surface area contributed by atoms with Gasteiger partial charge in [0, 0.05) is 56.5 Å². The number of halogens is 2. The maximum atomic E-state index is 13.9. The molecule has 0 N–H and O–H groups in total. The fourth-order valence-corrected chi connectivity index (χ4v) is 5.79. The number of carbonyl (C=O) groups is 1. The van der Waals surface area contributed by atoms with Crippen molar-refractivity contribution >= 4 is 44.7 Å². The number of amides is 1. The Hall–Kier alpha value is -3.57. The highest BCUT2D eigenvalue weighted by molar-refractivity contribution is 7.90. The van der Waals surface area contributed by atoms with Crippen LogP contribution < -0.4 is 4.90 Å². The van der Waals surface area contributed by atoms with Gasteiger partial charge in [0.1, 0.15) is 11.5 Å². The van der Waals surface area contributed by atoms with Crippen LogP contribution in [0.15, 0.2) is 59.6 Å². The van der Waals surface area contributed by atoms with Crippen LogP contribution in [0.3, 0.4) is 0 Å². The number of rotatable bonds is 5. The van der Waals surface area contributed by atoms with Gasteiger partial charge in [-0.05, 0) is 37.1 Å². The number of piperidine rings is 1. The number of hydrogen-bond acceptors (Lipinski definition) is 7. The average molecular weight is 559 g/mol. The SMILES string of the molecule is CN(C(=O)c1cc(F)ccc1S(C)(=O)=O)C1CCN(c2nnc(-c3ccnn3C)c3ccccc23)CC1.Cl. The summed E-state index contributed by atoms with van der Waals surface area (Å²) in [6.45, 7) is 1.27. The smallest absolute Gasteiger partial charge is 0.255 e. The summed E-state index contributed by atoms with van der Waals surface area (Å²) in [5.41, 5.74) is 1.49. The maximum absolute atomic E-state index is 13.9. The van der Waals surface area contributed by atoms with Gasteiger partial charge in [0.25, 0.3) is 5.91 Å². The summed E-state index contributed by atoms with van der Waals surface area (Å²) in [5.74, 6) is -0.387. The van der Waals surface area contributed by atoms with Crippen LogP contribution in [0.25, 0.3) is 22.2 Å². The molecule has 200 valence electrons. The summed E-state index contributed by atoms with van der Waals surface area (Å²) < 4.78 is 40.0. The van der Waals surface area contributed by atoms with Crippen molar-refractivity contribution in [3.8, 4) is 11.4 Å². The number of hydrogen-bond donors (Lipinski definition) is 0. The van der Waals surface area contributed by atoms with E-state index in [4.69, 9.17) is 0 Å². The highest BCUT2D eigenvalue weighted by atomic mass is 35.5. The Balaban J connectivity index is 0.00000336. The third kappa shape index (κ3) is 5.08. The molecule has 1 aliphatic rings. The molecular formula is C26H28ClFN6O3S. The Labute approximate surface area is 226 Å². The summed E-state index contributed by atoms with van der Waals surface area (Å²) >= 11 is 0. The molecule has 1 saturated heterocycles. The van der Waals surface area contributed by atoms with Crippen molar-refractivity contribution in [2.75, 3.05) is 31.3 Å². The number of benzene rings is 2. The van der Waals surface area contributed by atoms with Crippen LogP contribution in [0.5, 0.6) is 0 Å². The number of sulfone groups is 1. The van der Waals surface area contributed by atoms with Crippen LogP contribution in [0, 0.1) is 5.82 Å². The molecule has 5 rings (SSSR count). The van der Waals surface area contributed by atoms with Gasteiger partial charge in [-0.2, -0.15) is 5.10 Å². The van der Waals surface area contributed by atoms with E-state index in [-0.39, 0.29) is 28.9 Å². The quantitative estimate of drug-likeness (QED) is 0.344. The molecule has 4 aromatic rings. The predicted octanol–water partition coefficient (Wildman–Crippen LogP) is 3.74. The van der Waals surface area contributed by atoms with E-state index < -0.39 is 21.6 Å². The summed E-state index contributed by atoms with van der Waals surface area (Å²) in [6.07, 6.45) is 4.03. The van der Waals surface area contributed by atoms with Crippen molar-refractivity contribution in [1.82, 2.24) is 24.9 Å². The lowest BCUT2D eigenvalue weighted by Crippen LogP contribution is -2.46. The van der Waals surface area contributed by atoms with Crippen LogP contribution >= 0.6 is 12.4 Å². The monoisotopic (exact) mass is 558 g/mol. The molecule has 0 bridgehead atoms. The first-order chi connectivity index (χ1) is 17.6. The van der Waals surface area contributed by atoms with Gasteiger partial charge in [0.05, 0.1) is 16.2 Å². The van der Waals surface area contributed by atoms with E-state index in [0.29, 0.717) is 25.9 Å². The van der Waals surface area contributed by atoms with E-state index in [0.717, 1.165) is 52.4 Å².